The molecule has 0 radical (unpaired) electrons. The number of thioether (sulfide) groups is 1. The van der Waals surface area contributed by atoms with Gasteiger partial charge in [-0.25, -0.2) is 9.79 Å². The van der Waals surface area contributed by atoms with Crippen molar-refractivity contribution < 1.29 is 24.1 Å². The van der Waals surface area contributed by atoms with Crippen molar-refractivity contribution in [3.05, 3.63) is 64.3 Å². The lowest BCUT2D eigenvalue weighted by molar-refractivity contribution is -0.138. The van der Waals surface area contributed by atoms with E-state index in [1.54, 1.807) is 38.3 Å². The van der Waals surface area contributed by atoms with E-state index in [9.17, 15) is 9.90 Å². The van der Waals surface area contributed by atoms with Crippen LogP contribution in [0.4, 0.5) is 11.4 Å². The predicted molar refractivity (Wildman–Crippen MR) is 143 cm³/mol. The van der Waals surface area contributed by atoms with Crippen LogP contribution in [0.1, 0.15) is 33.3 Å². The summed E-state index contributed by atoms with van der Waals surface area (Å²) in [5.41, 5.74) is 2.54. The third-order valence-corrected chi connectivity index (χ3v) is 6.41. The zero-order valence-corrected chi connectivity index (χ0v) is 21.6. The molecule has 7 nitrogen and oxygen atoms in total. The van der Waals surface area contributed by atoms with E-state index in [0.717, 1.165) is 24.3 Å². The number of ether oxygens (including phenoxy) is 3. The Bertz CT molecular complexity index is 1130. The van der Waals surface area contributed by atoms with Crippen LogP contribution < -0.4 is 14.4 Å². The predicted octanol–water partition coefficient (Wildman–Crippen LogP) is 6.13. The number of rotatable bonds is 10. The van der Waals surface area contributed by atoms with E-state index >= 15 is 0 Å². The number of benzene rings is 2. The topological polar surface area (TPSA) is 80.6 Å². The van der Waals surface area contributed by atoms with Gasteiger partial charge in [0, 0.05) is 30.4 Å². The maximum atomic E-state index is 12.7. The van der Waals surface area contributed by atoms with Gasteiger partial charge in [0.05, 0.1) is 30.9 Å². The molecule has 0 atom stereocenters. The lowest BCUT2D eigenvalue weighted by Gasteiger charge is -2.22. The number of hydrogen-bond acceptors (Lipinski definition) is 8. The van der Waals surface area contributed by atoms with Crippen LogP contribution in [0.2, 0.25) is 0 Å². The fourth-order valence-corrected chi connectivity index (χ4v) is 4.64. The van der Waals surface area contributed by atoms with Crippen molar-refractivity contribution in [3.8, 4) is 11.5 Å². The number of carbonyl (C=O) groups is 1. The summed E-state index contributed by atoms with van der Waals surface area (Å²) in [5.74, 6) is 0.635. The summed E-state index contributed by atoms with van der Waals surface area (Å²) in [7, 11) is 1.59. The monoisotopic (exact) mass is 496 g/mol. The Kier molecular flexibility index (Phi) is 9.25. The quantitative estimate of drug-likeness (QED) is 0.396. The summed E-state index contributed by atoms with van der Waals surface area (Å²) in [4.78, 5) is 20.0. The first-order valence-corrected chi connectivity index (χ1v) is 12.5. The van der Waals surface area contributed by atoms with Gasteiger partial charge in [-0.3, -0.25) is 0 Å². The molecule has 2 aromatic carbocycles. The molecule has 0 fully saturated rings. The smallest absolute Gasteiger partial charge is 0.344 e. The first kappa shape index (κ1) is 26.2. The molecule has 0 bridgehead atoms. The van der Waals surface area contributed by atoms with Crippen molar-refractivity contribution in [2.45, 2.75) is 27.7 Å². The van der Waals surface area contributed by atoms with Crippen molar-refractivity contribution >= 4 is 40.2 Å². The number of hydrogen-bond donors (Lipinski definition) is 1. The number of nitrogens with zero attached hydrogens (tertiary/aromatic N) is 2. The maximum absolute atomic E-state index is 12.7. The zero-order chi connectivity index (χ0) is 25.4. The minimum Gasteiger partial charge on any atom is -0.506 e. The minimum atomic E-state index is -0.616. The van der Waals surface area contributed by atoms with E-state index in [1.165, 1.54) is 11.8 Å². The second kappa shape index (κ2) is 12.4. The van der Waals surface area contributed by atoms with Gasteiger partial charge in [0.2, 0.25) is 0 Å². The number of anilines is 1. The molecule has 0 spiro atoms. The van der Waals surface area contributed by atoms with Crippen LogP contribution in [0.25, 0.3) is 6.08 Å². The molecule has 0 unspecified atom stereocenters. The summed E-state index contributed by atoms with van der Waals surface area (Å²) in [6.07, 6.45) is 1.81. The number of aliphatic hydroxyl groups is 1. The van der Waals surface area contributed by atoms with E-state index in [2.05, 4.69) is 23.7 Å². The molecule has 1 N–H and O–H groups in total. The molecule has 0 amide bonds. The first-order chi connectivity index (χ1) is 16.9. The van der Waals surface area contributed by atoms with Crippen molar-refractivity contribution in [2.75, 3.05) is 38.3 Å². The van der Waals surface area contributed by atoms with Gasteiger partial charge in [-0.05, 0) is 70.2 Å². The van der Waals surface area contributed by atoms with Gasteiger partial charge in [-0.1, -0.05) is 11.8 Å². The molecule has 0 saturated carbocycles. The molecule has 186 valence electrons. The third kappa shape index (κ3) is 6.19. The average molecular weight is 497 g/mol. The van der Waals surface area contributed by atoms with E-state index in [4.69, 9.17) is 14.2 Å². The zero-order valence-electron chi connectivity index (χ0n) is 20.8. The Morgan fingerprint density at radius 3 is 2.37 bits per heavy atom. The summed E-state index contributed by atoms with van der Waals surface area (Å²) < 4.78 is 16.3. The van der Waals surface area contributed by atoms with E-state index < -0.39 is 5.97 Å². The molecule has 0 aliphatic carbocycles. The van der Waals surface area contributed by atoms with Gasteiger partial charge < -0.3 is 24.2 Å². The molecular weight excluding hydrogens is 464 g/mol. The molecule has 0 saturated heterocycles. The number of methoxy groups -OCH3 is 1. The van der Waals surface area contributed by atoms with Crippen LogP contribution in [0.3, 0.4) is 0 Å². The second-order valence-corrected chi connectivity index (χ2v) is 8.53. The SMILES string of the molecule is CCOC(=O)C1=C(O)/C(=C\c2ccc(N(CC)CC)cc2OCC)SC1=Nc1ccc(OC)cc1. The highest BCUT2D eigenvalue weighted by atomic mass is 32.2. The fourth-order valence-electron chi connectivity index (χ4n) is 3.62. The van der Waals surface area contributed by atoms with E-state index in [0.29, 0.717) is 33.7 Å². The number of esters is 1. The summed E-state index contributed by atoms with van der Waals surface area (Å²) in [5, 5.41) is 11.4. The summed E-state index contributed by atoms with van der Waals surface area (Å²) >= 11 is 1.22. The lowest BCUT2D eigenvalue weighted by Crippen LogP contribution is -2.21. The highest BCUT2D eigenvalue weighted by Gasteiger charge is 2.33. The Balaban J connectivity index is 2.04. The first-order valence-electron chi connectivity index (χ1n) is 11.7. The second-order valence-electron chi connectivity index (χ2n) is 7.50. The lowest BCUT2D eigenvalue weighted by atomic mass is 10.1. The molecule has 0 aromatic heterocycles. The molecule has 1 aliphatic heterocycles. The highest BCUT2D eigenvalue weighted by Crippen LogP contribution is 2.41. The number of aliphatic hydroxyl groups excluding tert-OH is 1. The summed E-state index contributed by atoms with van der Waals surface area (Å²) in [6, 6.07) is 13.1. The Hall–Kier alpha value is -3.39. The van der Waals surface area contributed by atoms with E-state index in [-0.39, 0.29) is 17.9 Å². The summed E-state index contributed by atoms with van der Waals surface area (Å²) in [6.45, 7) is 10.3. The molecule has 2 aromatic rings. The highest BCUT2D eigenvalue weighted by molar-refractivity contribution is 8.18. The average Bonchev–Trinajstić information content (AvgIpc) is 3.16. The van der Waals surface area contributed by atoms with Gasteiger partial charge in [0.15, 0.2) is 0 Å². The van der Waals surface area contributed by atoms with Crippen molar-refractivity contribution in [3.63, 3.8) is 0 Å². The van der Waals surface area contributed by atoms with Gasteiger partial charge >= 0.3 is 5.97 Å². The Labute approximate surface area is 211 Å². The van der Waals surface area contributed by atoms with Crippen molar-refractivity contribution in [1.29, 1.82) is 0 Å². The largest absolute Gasteiger partial charge is 0.506 e. The number of aliphatic imine (C=N–C) groups is 1. The molecule has 8 heteroatoms. The Morgan fingerprint density at radius 2 is 1.77 bits per heavy atom. The number of carbonyl (C=O) groups excluding carboxylic acids is 1. The molecule has 3 rings (SSSR count). The van der Waals surface area contributed by atoms with Gasteiger partial charge in [-0.15, -0.1) is 0 Å². The van der Waals surface area contributed by atoms with Gasteiger partial charge in [0.25, 0.3) is 0 Å². The van der Waals surface area contributed by atoms with Crippen LogP contribution >= 0.6 is 11.8 Å². The molecule has 35 heavy (non-hydrogen) atoms. The van der Waals surface area contributed by atoms with Gasteiger partial charge in [-0.2, -0.15) is 0 Å². The van der Waals surface area contributed by atoms with Gasteiger partial charge in [0.1, 0.15) is 27.9 Å². The van der Waals surface area contributed by atoms with Crippen LogP contribution in [0.15, 0.2) is 63.7 Å². The molecule has 1 aliphatic rings. The Morgan fingerprint density at radius 1 is 1.06 bits per heavy atom. The van der Waals surface area contributed by atoms with Crippen molar-refractivity contribution in [2.24, 2.45) is 4.99 Å². The standard InChI is InChI=1S/C27H32N2O5S/c1-6-29(7-2)20-13-10-18(22(17-20)33-8-3)16-23-25(30)24(27(31)34-9-4)26(35-23)28-19-11-14-21(32-5)15-12-19/h10-17,30H,6-9H2,1-5H3/b23-16+,28-26?. The fraction of sp³-hybridized carbons (Fsp3) is 0.333. The minimum absolute atomic E-state index is 0.0524. The molecule has 1 heterocycles. The van der Waals surface area contributed by atoms with Crippen LogP contribution in [-0.4, -0.2) is 49.5 Å². The van der Waals surface area contributed by atoms with Crippen LogP contribution in [0, 0.1) is 0 Å². The maximum Gasteiger partial charge on any atom is 0.344 e. The van der Waals surface area contributed by atoms with Crippen LogP contribution in [0.5, 0.6) is 11.5 Å². The van der Waals surface area contributed by atoms with E-state index in [1.807, 2.05) is 31.2 Å². The normalized spacial score (nSPS) is 15.6. The molecular formula is C27H32N2O5S. The van der Waals surface area contributed by atoms with Crippen LogP contribution in [-0.2, 0) is 9.53 Å². The van der Waals surface area contributed by atoms with Crippen molar-refractivity contribution in [1.82, 2.24) is 0 Å². The third-order valence-electron chi connectivity index (χ3n) is 5.39.